The van der Waals surface area contributed by atoms with Gasteiger partial charge < -0.3 is 4.98 Å². The first-order chi connectivity index (χ1) is 12.0. The summed E-state index contributed by atoms with van der Waals surface area (Å²) in [6.07, 6.45) is 5.98. The summed E-state index contributed by atoms with van der Waals surface area (Å²) in [6, 6.07) is 10.3. The molecule has 0 aliphatic heterocycles. The highest BCUT2D eigenvalue weighted by atomic mass is 15.0. The van der Waals surface area contributed by atoms with E-state index in [1.54, 1.807) is 0 Å². The molecule has 0 saturated heterocycles. The van der Waals surface area contributed by atoms with Crippen LogP contribution in [0.4, 0.5) is 0 Å². The molecule has 0 radical (unpaired) electrons. The molecular weight excluding hydrogens is 306 g/mol. The van der Waals surface area contributed by atoms with Crippen LogP contribution in [0, 0.1) is 6.92 Å². The van der Waals surface area contributed by atoms with Crippen LogP contribution in [0.2, 0.25) is 0 Å². The summed E-state index contributed by atoms with van der Waals surface area (Å²) in [6.45, 7) is 12.3. The fraction of sp³-hybridized carbons (Fsp3) is 0.182. The molecule has 0 aliphatic carbocycles. The van der Waals surface area contributed by atoms with Gasteiger partial charge in [-0.05, 0) is 44.7 Å². The highest BCUT2D eigenvalue weighted by molar-refractivity contribution is 5.94. The Balaban J connectivity index is 2.16. The second kappa shape index (κ2) is 6.89. The third-order valence-corrected chi connectivity index (χ3v) is 4.08. The van der Waals surface area contributed by atoms with E-state index in [9.17, 15) is 0 Å². The zero-order chi connectivity index (χ0) is 18.0. The predicted octanol–water partition coefficient (Wildman–Crippen LogP) is 5.86. The molecule has 2 heterocycles. The maximum Gasteiger partial charge on any atom is 0.138 e. The Morgan fingerprint density at radius 1 is 1.04 bits per heavy atom. The van der Waals surface area contributed by atoms with E-state index in [1.165, 1.54) is 5.57 Å². The number of nitrogens with zero attached hydrogens (tertiary/aromatic N) is 2. The molecule has 0 aliphatic rings. The number of aryl methyl sites for hydroxylation is 1. The summed E-state index contributed by atoms with van der Waals surface area (Å²) < 4.78 is 0. The van der Waals surface area contributed by atoms with E-state index in [0.717, 1.165) is 44.8 Å². The van der Waals surface area contributed by atoms with E-state index >= 15 is 0 Å². The van der Waals surface area contributed by atoms with Crippen LogP contribution < -0.4 is 0 Å². The van der Waals surface area contributed by atoms with Gasteiger partial charge in [0.1, 0.15) is 11.5 Å². The highest BCUT2D eigenvalue weighted by Gasteiger charge is 2.15. The summed E-state index contributed by atoms with van der Waals surface area (Å²) in [5.74, 6) is 0.826. The quantitative estimate of drug-likeness (QED) is 0.609. The predicted molar refractivity (Wildman–Crippen MR) is 106 cm³/mol. The van der Waals surface area contributed by atoms with Crippen LogP contribution in [0.5, 0.6) is 0 Å². The van der Waals surface area contributed by atoms with Crippen LogP contribution in [-0.4, -0.2) is 15.0 Å². The number of fused-ring (bicyclic) bond motifs is 1. The number of imidazole rings is 1. The minimum absolute atomic E-state index is 0.826. The van der Waals surface area contributed by atoms with Gasteiger partial charge in [0.15, 0.2) is 0 Å². The lowest BCUT2D eigenvalue weighted by Crippen LogP contribution is -1.90. The molecule has 3 heteroatoms. The SMILES string of the molecule is C=C(C)/C(=C\C=C(C)C)c1nc(-c2nccc3ccccc23)c(C)[nH]1. The van der Waals surface area contributed by atoms with Gasteiger partial charge in [-0.1, -0.05) is 48.6 Å². The summed E-state index contributed by atoms with van der Waals surface area (Å²) in [5.41, 5.74) is 6.01. The lowest BCUT2D eigenvalue weighted by atomic mass is 10.1. The van der Waals surface area contributed by atoms with Crippen molar-refractivity contribution in [3.05, 3.63) is 77.9 Å². The third kappa shape index (κ3) is 3.45. The van der Waals surface area contributed by atoms with Crippen molar-refractivity contribution in [3.63, 3.8) is 0 Å². The number of hydrogen-bond donors (Lipinski definition) is 1. The van der Waals surface area contributed by atoms with Crippen LogP contribution in [0.25, 0.3) is 27.7 Å². The Kier molecular flexibility index (Phi) is 4.66. The van der Waals surface area contributed by atoms with Gasteiger partial charge in [0.05, 0.1) is 5.69 Å². The van der Waals surface area contributed by atoms with E-state index < -0.39 is 0 Å². The van der Waals surface area contributed by atoms with Crippen LogP contribution >= 0.6 is 0 Å². The van der Waals surface area contributed by atoms with E-state index in [2.05, 4.69) is 54.7 Å². The second-order valence-corrected chi connectivity index (χ2v) is 6.54. The number of benzene rings is 1. The molecule has 2 aromatic heterocycles. The topological polar surface area (TPSA) is 41.6 Å². The molecule has 3 aromatic rings. The molecule has 0 unspecified atom stereocenters. The molecule has 3 nitrogen and oxygen atoms in total. The number of H-pyrrole nitrogens is 1. The number of allylic oxidation sites excluding steroid dienone is 5. The molecule has 25 heavy (non-hydrogen) atoms. The highest BCUT2D eigenvalue weighted by Crippen LogP contribution is 2.30. The number of hydrogen-bond acceptors (Lipinski definition) is 2. The van der Waals surface area contributed by atoms with E-state index in [-0.39, 0.29) is 0 Å². The molecule has 3 rings (SSSR count). The molecule has 1 N–H and O–H groups in total. The van der Waals surface area contributed by atoms with Gasteiger partial charge in [-0.2, -0.15) is 0 Å². The van der Waals surface area contributed by atoms with Gasteiger partial charge >= 0.3 is 0 Å². The molecule has 0 saturated carbocycles. The maximum absolute atomic E-state index is 4.85. The van der Waals surface area contributed by atoms with Crippen molar-refractivity contribution in [2.24, 2.45) is 0 Å². The van der Waals surface area contributed by atoms with E-state index in [4.69, 9.17) is 4.98 Å². The molecule has 0 bridgehead atoms. The second-order valence-electron chi connectivity index (χ2n) is 6.54. The Labute approximate surface area is 148 Å². The first kappa shape index (κ1) is 16.9. The van der Waals surface area contributed by atoms with Crippen molar-refractivity contribution in [3.8, 4) is 11.4 Å². The molecule has 0 atom stereocenters. The molecule has 126 valence electrons. The third-order valence-electron chi connectivity index (χ3n) is 4.08. The number of nitrogens with one attached hydrogen (secondary N) is 1. The largest absolute Gasteiger partial charge is 0.341 e. The normalized spacial score (nSPS) is 11.6. The fourth-order valence-electron chi connectivity index (χ4n) is 2.80. The zero-order valence-corrected chi connectivity index (χ0v) is 15.2. The molecule has 0 amide bonds. The molecule has 0 spiro atoms. The lowest BCUT2D eigenvalue weighted by Gasteiger charge is -2.04. The summed E-state index contributed by atoms with van der Waals surface area (Å²) in [5, 5.41) is 2.27. The summed E-state index contributed by atoms with van der Waals surface area (Å²) >= 11 is 0. The number of rotatable bonds is 4. The smallest absolute Gasteiger partial charge is 0.138 e. The molecule has 0 fully saturated rings. The minimum Gasteiger partial charge on any atom is -0.341 e. The lowest BCUT2D eigenvalue weighted by molar-refractivity contribution is 1.20. The number of aromatic nitrogens is 3. The average Bonchev–Trinajstić information content (AvgIpc) is 2.95. The minimum atomic E-state index is 0.826. The van der Waals surface area contributed by atoms with Crippen LogP contribution in [-0.2, 0) is 0 Å². The summed E-state index contributed by atoms with van der Waals surface area (Å²) in [4.78, 5) is 12.9. The first-order valence-electron chi connectivity index (χ1n) is 8.39. The van der Waals surface area contributed by atoms with Crippen molar-refractivity contribution in [2.45, 2.75) is 27.7 Å². The van der Waals surface area contributed by atoms with Crippen molar-refractivity contribution in [1.82, 2.24) is 15.0 Å². The van der Waals surface area contributed by atoms with Crippen molar-refractivity contribution >= 4 is 16.3 Å². The fourth-order valence-corrected chi connectivity index (χ4v) is 2.80. The van der Waals surface area contributed by atoms with Gasteiger partial charge in [-0.3, -0.25) is 4.98 Å². The van der Waals surface area contributed by atoms with E-state index in [1.807, 2.05) is 38.2 Å². The number of aromatic amines is 1. The van der Waals surface area contributed by atoms with Gasteiger partial charge in [0.25, 0.3) is 0 Å². The summed E-state index contributed by atoms with van der Waals surface area (Å²) in [7, 11) is 0. The van der Waals surface area contributed by atoms with Crippen molar-refractivity contribution < 1.29 is 0 Å². The van der Waals surface area contributed by atoms with E-state index in [0.29, 0.717) is 0 Å². The Bertz CT molecular complexity index is 994. The molecular formula is C22H23N3. The maximum atomic E-state index is 4.85. The van der Waals surface area contributed by atoms with Crippen LogP contribution in [0.3, 0.4) is 0 Å². The Morgan fingerprint density at radius 2 is 1.80 bits per heavy atom. The Hall–Kier alpha value is -2.94. The van der Waals surface area contributed by atoms with Gasteiger partial charge in [-0.25, -0.2) is 4.98 Å². The standard InChI is InChI=1S/C22H23N3/c1-14(2)10-11-18(15(3)4)22-24-16(5)20(25-22)21-19-9-7-6-8-17(19)12-13-23-21/h6-13H,3H2,1-2,4-5H3,(H,24,25)/b18-11+. The van der Waals surface area contributed by atoms with Crippen molar-refractivity contribution in [2.75, 3.05) is 0 Å². The zero-order valence-electron chi connectivity index (χ0n) is 15.2. The van der Waals surface area contributed by atoms with Gasteiger partial charge in [0, 0.05) is 22.9 Å². The first-order valence-corrected chi connectivity index (χ1v) is 8.39. The number of pyridine rings is 1. The monoisotopic (exact) mass is 329 g/mol. The average molecular weight is 329 g/mol. The molecule has 1 aromatic carbocycles. The van der Waals surface area contributed by atoms with Gasteiger partial charge in [0.2, 0.25) is 0 Å². The van der Waals surface area contributed by atoms with Gasteiger partial charge in [-0.15, -0.1) is 0 Å². The van der Waals surface area contributed by atoms with Crippen LogP contribution in [0.15, 0.2) is 66.4 Å². The van der Waals surface area contributed by atoms with Crippen LogP contribution in [0.1, 0.15) is 32.3 Å². The van der Waals surface area contributed by atoms with Crippen molar-refractivity contribution in [1.29, 1.82) is 0 Å². The Morgan fingerprint density at radius 3 is 2.52 bits per heavy atom.